The predicted octanol–water partition coefficient (Wildman–Crippen LogP) is 2.61. The van der Waals surface area contributed by atoms with Crippen LogP contribution < -0.4 is 10.2 Å². The number of nitrogens with zero attached hydrogens (tertiary/aromatic N) is 1. The number of carbonyl (C=O) groups is 3. The molecule has 140 valence electrons. The van der Waals surface area contributed by atoms with Crippen LogP contribution >= 0.6 is 0 Å². The number of esters is 2. The first-order valence-corrected chi connectivity index (χ1v) is 8.46. The maximum Gasteiger partial charge on any atom is 0.337 e. The molecular formula is C20H20N2O5. The van der Waals surface area contributed by atoms with Crippen LogP contribution in [0.25, 0.3) is 0 Å². The molecule has 1 heterocycles. The number of methoxy groups -OCH3 is 2. The van der Waals surface area contributed by atoms with Gasteiger partial charge in [0.05, 0.1) is 36.7 Å². The minimum Gasteiger partial charge on any atom is -0.465 e. The molecule has 27 heavy (non-hydrogen) atoms. The summed E-state index contributed by atoms with van der Waals surface area (Å²) in [4.78, 5) is 37.4. The molecule has 3 rings (SSSR count). The Bertz CT molecular complexity index is 876. The number of rotatable bonds is 4. The molecule has 0 fully saturated rings. The fraction of sp³-hybridized carbons (Fsp3) is 0.250. The zero-order valence-electron chi connectivity index (χ0n) is 15.2. The van der Waals surface area contributed by atoms with E-state index >= 15 is 0 Å². The van der Waals surface area contributed by atoms with E-state index in [1.807, 2.05) is 12.1 Å². The van der Waals surface area contributed by atoms with Crippen molar-refractivity contribution in [3.8, 4) is 0 Å². The minimum absolute atomic E-state index is 0.109. The van der Waals surface area contributed by atoms with Crippen molar-refractivity contribution >= 4 is 29.2 Å². The first kappa shape index (κ1) is 18.4. The van der Waals surface area contributed by atoms with Crippen molar-refractivity contribution in [3.05, 3.63) is 59.2 Å². The van der Waals surface area contributed by atoms with E-state index in [0.29, 0.717) is 36.3 Å². The third kappa shape index (κ3) is 4.08. The molecule has 0 aliphatic carbocycles. The van der Waals surface area contributed by atoms with Gasteiger partial charge in [-0.1, -0.05) is 12.1 Å². The molecule has 0 saturated heterocycles. The van der Waals surface area contributed by atoms with E-state index in [0.717, 1.165) is 11.3 Å². The van der Waals surface area contributed by atoms with E-state index in [-0.39, 0.29) is 11.9 Å². The van der Waals surface area contributed by atoms with Gasteiger partial charge >= 0.3 is 11.9 Å². The van der Waals surface area contributed by atoms with Gasteiger partial charge < -0.3 is 19.7 Å². The third-order valence-electron chi connectivity index (χ3n) is 4.39. The van der Waals surface area contributed by atoms with Crippen molar-refractivity contribution in [2.24, 2.45) is 0 Å². The second-order valence-electron chi connectivity index (χ2n) is 6.13. The van der Waals surface area contributed by atoms with Crippen LogP contribution in [0, 0.1) is 0 Å². The summed E-state index contributed by atoms with van der Waals surface area (Å²) in [7, 11) is 2.66. The lowest BCUT2D eigenvalue weighted by molar-refractivity contribution is -0.116. The highest BCUT2D eigenvalue weighted by Crippen LogP contribution is 2.31. The molecule has 0 aromatic heterocycles. The molecule has 0 bridgehead atoms. The average Bonchev–Trinajstić information content (AvgIpc) is 2.85. The quantitative estimate of drug-likeness (QED) is 0.835. The molecular weight excluding hydrogens is 348 g/mol. The molecule has 0 radical (unpaired) electrons. The molecule has 1 amide bonds. The Balaban J connectivity index is 1.87. The van der Waals surface area contributed by atoms with Gasteiger partial charge in [-0.05, 0) is 35.9 Å². The molecule has 1 N–H and O–H groups in total. The van der Waals surface area contributed by atoms with Crippen LogP contribution in [-0.2, 0) is 20.8 Å². The van der Waals surface area contributed by atoms with E-state index in [9.17, 15) is 14.4 Å². The van der Waals surface area contributed by atoms with Gasteiger partial charge in [-0.25, -0.2) is 9.59 Å². The standard InChI is InChI=1S/C20H20N2O5/c1-26-19(24)14-5-3-13(4-6-14)12-22-10-9-18(23)21-16-11-15(20(25)27-2)7-8-17(16)22/h3-8,11H,9-10,12H2,1-2H3,(H,21,23). The van der Waals surface area contributed by atoms with Crippen molar-refractivity contribution in [3.63, 3.8) is 0 Å². The van der Waals surface area contributed by atoms with Crippen LogP contribution in [-0.4, -0.2) is 38.6 Å². The molecule has 1 aliphatic heterocycles. The molecule has 0 spiro atoms. The summed E-state index contributed by atoms with van der Waals surface area (Å²) in [6.45, 7) is 1.09. The lowest BCUT2D eigenvalue weighted by atomic mass is 10.1. The summed E-state index contributed by atoms with van der Waals surface area (Å²) in [6, 6.07) is 12.2. The number of hydrogen-bond acceptors (Lipinski definition) is 6. The average molecular weight is 368 g/mol. The van der Waals surface area contributed by atoms with Crippen molar-refractivity contribution in [2.45, 2.75) is 13.0 Å². The molecule has 2 aromatic rings. The predicted molar refractivity (Wildman–Crippen MR) is 99.9 cm³/mol. The van der Waals surface area contributed by atoms with Gasteiger partial charge in [0.25, 0.3) is 0 Å². The third-order valence-corrected chi connectivity index (χ3v) is 4.39. The van der Waals surface area contributed by atoms with Crippen LogP contribution in [0.5, 0.6) is 0 Å². The minimum atomic E-state index is -0.457. The van der Waals surface area contributed by atoms with Gasteiger partial charge in [-0.15, -0.1) is 0 Å². The monoisotopic (exact) mass is 368 g/mol. The Morgan fingerprint density at radius 2 is 1.63 bits per heavy atom. The maximum atomic E-state index is 12.0. The first-order chi connectivity index (χ1) is 13.0. The van der Waals surface area contributed by atoms with E-state index in [1.54, 1.807) is 30.3 Å². The molecule has 0 unspecified atom stereocenters. The number of ether oxygens (including phenoxy) is 2. The number of anilines is 2. The van der Waals surface area contributed by atoms with Crippen LogP contribution in [0.4, 0.5) is 11.4 Å². The zero-order valence-corrected chi connectivity index (χ0v) is 15.2. The second kappa shape index (κ2) is 7.90. The topological polar surface area (TPSA) is 84.9 Å². The zero-order chi connectivity index (χ0) is 19.4. The highest BCUT2D eigenvalue weighted by molar-refractivity contribution is 5.99. The summed E-state index contributed by atoms with van der Waals surface area (Å²) < 4.78 is 9.45. The molecule has 0 atom stereocenters. The van der Waals surface area contributed by atoms with E-state index in [4.69, 9.17) is 9.47 Å². The summed E-state index contributed by atoms with van der Waals surface area (Å²) in [5.41, 5.74) is 3.25. The van der Waals surface area contributed by atoms with Crippen LogP contribution in [0.15, 0.2) is 42.5 Å². The Kier molecular flexibility index (Phi) is 5.40. The van der Waals surface area contributed by atoms with Crippen molar-refractivity contribution in [2.75, 3.05) is 31.0 Å². The summed E-state index contributed by atoms with van der Waals surface area (Å²) >= 11 is 0. The summed E-state index contributed by atoms with van der Waals surface area (Å²) in [6.07, 6.45) is 0.336. The molecule has 1 aliphatic rings. The number of nitrogens with one attached hydrogen (secondary N) is 1. The van der Waals surface area contributed by atoms with Gasteiger partial charge in [0.2, 0.25) is 5.91 Å². The Morgan fingerprint density at radius 1 is 1.00 bits per heavy atom. The Morgan fingerprint density at radius 3 is 2.30 bits per heavy atom. The van der Waals surface area contributed by atoms with Crippen molar-refractivity contribution in [1.82, 2.24) is 0 Å². The van der Waals surface area contributed by atoms with Crippen LogP contribution in [0.3, 0.4) is 0 Å². The van der Waals surface area contributed by atoms with E-state index in [1.165, 1.54) is 14.2 Å². The van der Waals surface area contributed by atoms with Gasteiger partial charge in [-0.3, -0.25) is 4.79 Å². The number of carbonyl (C=O) groups excluding carboxylic acids is 3. The lowest BCUT2D eigenvalue weighted by Crippen LogP contribution is -2.24. The SMILES string of the molecule is COC(=O)c1ccc(CN2CCC(=O)Nc3cc(C(=O)OC)ccc32)cc1. The highest BCUT2D eigenvalue weighted by atomic mass is 16.5. The smallest absolute Gasteiger partial charge is 0.337 e. The highest BCUT2D eigenvalue weighted by Gasteiger charge is 2.21. The number of amides is 1. The van der Waals surface area contributed by atoms with Crippen molar-refractivity contribution in [1.29, 1.82) is 0 Å². The maximum absolute atomic E-state index is 12.0. The van der Waals surface area contributed by atoms with E-state index in [2.05, 4.69) is 10.2 Å². The number of hydrogen-bond donors (Lipinski definition) is 1. The fourth-order valence-corrected chi connectivity index (χ4v) is 2.98. The normalized spacial score (nSPS) is 13.3. The molecule has 0 saturated carbocycles. The molecule has 7 nitrogen and oxygen atoms in total. The van der Waals surface area contributed by atoms with Gasteiger partial charge in [0.1, 0.15) is 0 Å². The molecule has 7 heteroatoms. The molecule has 2 aromatic carbocycles. The van der Waals surface area contributed by atoms with Gasteiger partial charge in [0.15, 0.2) is 0 Å². The van der Waals surface area contributed by atoms with E-state index < -0.39 is 5.97 Å². The lowest BCUT2D eigenvalue weighted by Gasteiger charge is -2.24. The van der Waals surface area contributed by atoms with Crippen molar-refractivity contribution < 1.29 is 23.9 Å². The van der Waals surface area contributed by atoms with Gasteiger partial charge in [-0.2, -0.15) is 0 Å². The van der Waals surface area contributed by atoms with Gasteiger partial charge in [0, 0.05) is 19.5 Å². The van der Waals surface area contributed by atoms with Crippen LogP contribution in [0.1, 0.15) is 32.7 Å². The fourth-order valence-electron chi connectivity index (χ4n) is 2.98. The first-order valence-electron chi connectivity index (χ1n) is 8.46. The number of benzene rings is 2. The summed E-state index contributed by atoms with van der Waals surface area (Å²) in [5.74, 6) is -0.949. The second-order valence-corrected chi connectivity index (χ2v) is 6.13. The Labute approximate surface area is 156 Å². The number of fused-ring (bicyclic) bond motifs is 1. The summed E-state index contributed by atoms with van der Waals surface area (Å²) in [5, 5.41) is 2.84. The largest absolute Gasteiger partial charge is 0.465 e. The Hall–Kier alpha value is -3.35. The van der Waals surface area contributed by atoms with Crippen LogP contribution in [0.2, 0.25) is 0 Å².